The average molecular weight is 202 g/mol. The summed E-state index contributed by atoms with van der Waals surface area (Å²) in [5, 5.41) is 0.388. The van der Waals surface area contributed by atoms with E-state index in [0.29, 0.717) is 10.6 Å². The van der Waals surface area contributed by atoms with Crippen LogP contribution in [0.2, 0.25) is 5.02 Å². The smallest absolute Gasteiger partial charge is 0.310 e. The Kier molecular flexibility index (Phi) is 3.08. The van der Waals surface area contributed by atoms with E-state index in [1.165, 1.54) is 19.4 Å². The molecule has 13 heavy (non-hydrogen) atoms. The van der Waals surface area contributed by atoms with Gasteiger partial charge >= 0.3 is 5.97 Å². The monoisotopic (exact) mass is 201 g/mol. The van der Waals surface area contributed by atoms with E-state index in [-0.39, 0.29) is 12.0 Å². The zero-order chi connectivity index (χ0) is 9.84. The lowest BCUT2D eigenvalue weighted by molar-refractivity contribution is -0.139. The Morgan fingerprint density at radius 2 is 2.38 bits per heavy atom. The number of aromatic amines is 1. The summed E-state index contributed by atoms with van der Waals surface area (Å²) in [5.74, 6) is -0.465. The molecule has 5 heteroatoms. The maximum atomic E-state index is 11.1. The lowest BCUT2D eigenvalue weighted by atomic mass is 10.2. The van der Waals surface area contributed by atoms with Crippen LogP contribution in [-0.2, 0) is 16.0 Å². The van der Waals surface area contributed by atoms with Crippen molar-refractivity contribution in [3.05, 3.63) is 33.2 Å². The van der Waals surface area contributed by atoms with Gasteiger partial charge in [0.15, 0.2) is 0 Å². The predicted molar refractivity (Wildman–Crippen MR) is 47.8 cm³/mol. The Labute approximate surface area is 79.5 Å². The van der Waals surface area contributed by atoms with E-state index in [2.05, 4.69) is 9.72 Å². The number of H-pyrrole nitrogens is 1. The third-order valence-electron chi connectivity index (χ3n) is 1.51. The number of pyridine rings is 1. The Morgan fingerprint density at radius 1 is 1.69 bits per heavy atom. The van der Waals surface area contributed by atoms with Gasteiger partial charge in [-0.3, -0.25) is 9.59 Å². The zero-order valence-corrected chi connectivity index (χ0v) is 7.72. The Balaban J connectivity index is 2.94. The van der Waals surface area contributed by atoms with Crippen molar-refractivity contribution < 1.29 is 9.53 Å². The van der Waals surface area contributed by atoms with Crippen molar-refractivity contribution in [3.63, 3.8) is 0 Å². The van der Waals surface area contributed by atoms with E-state index in [1.807, 2.05) is 0 Å². The van der Waals surface area contributed by atoms with Gasteiger partial charge in [0.05, 0.1) is 18.6 Å². The fourth-order valence-corrected chi connectivity index (χ4v) is 1.05. The third-order valence-corrected chi connectivity index (χ3v) is 1.73. The zero-order valence-electron chi connectivity index (χ0n) is 6.96. The lowest BCUT2D eigenvalue weighted by Gasteiger charge is -1.98. The van der Waals surface area contributed by atoms with Crippen molar-refractivity contribution in [2.24, 2.45) is 0 Å². The molecule has 0 atom stereocenters. The van der Waals surface area contributed by atoms with Crippen molar-refractivity contribution in [2.45, 2.75) is 6.42 Å². The van der Waals surface area contributed by atoms with Crippen molar-refractivity contribution in [1.82, 2.24) is 4.98 Å². The minimum atomic E-state index is -0.465. The topological polar surface area (TPSA) is 59.2 Å². The molecule has 0 aliphatic heterocycles. The van der Waals surface area contributed by atoms with Crippen LogP contribution in [0.3, 0.4) is 0 Å². The summed E-state index contributed by atoms with van der Waals surface area (Å²) in [6, 6.07) is 1.44. The van der Waals surface area contributed by atoms with Crippen LogP contribution in [0.15, 0.2) is 17.1 Å². The van der Waals surface area contributed by atoms with Crippen LogP contribution < -0.4 is 5.56 Å². The number of nitrogens with one attached hydrogen (secondary N) is 1. The molecule has 1 aromatic rings. The molecule has 1 heterocycles. The highest BCUT2D eigenvalue weighted by molar-refractivity contribution is 6.30. The molecule has 0 fully saturated rings. The molecule has 0 radical (unpaired) electrons. The van der Waals surface area contributed by atoms with E-state index in [1.54, 1.807) is 0 Å². The van der Waals surface area contributed by atoms with E-state index >= 15 is 0 Å². The number of halogens is 1. The number of rotatable bonds is 2. The van der Waals surface area contributed by atoms with E-state index in [4.69, 9.17) is 11.6 Å². The van der Waals surface area contributed by atoms with Gasteiger partial charge in [-0.05, 0) is 6.07 Å². The first-order chi connectivity index (χ1) is 6.13. The van der Waals surface area contributed by atoms with Crippen LogP contribution in [0.1, 0.15) is 5.56 Å². The number of carbonyl (C=O) groups excluding carboxylic acids is 1. The van der Waals surface area contributed by atoms with Crippen LogP contribution >= 0.6 is 11.6 Å². The molecule has 0 bridgehead atoms. The molecule has 1 N–H and O–H groups in total. The summed E-state index contributed by atoms with van der Waals surface area (Å²) in [6.07, 6.45) is 1.30. The van der Waals surface area contributed by atoms with Gasteiger partial charge in [-0.1, -0.05) is 11.6 Å². The van der Waals surface area contributed by atoms with Gasteiger partial charge in [-0.2, -0.15) is 0 Å². The van der Waals surface area contributed by atoms with Gasteiger partial charge in [-0.25, -0.2) is 0 Å². The summed E-state index contributed by atoms with van der Waals surface area (Å²) in [6.45, 7) is 0. The normalized spacial score (nSPS) is 9.69. The Bertz CT molecular complexity index is 372. The molecule has 0 amide bonds. The predicted octanol–water partition coefficient (Wildman–Crippen LogP) is 0.744. The molecule has 0 unspecified atom stereocenters. The number of ether oxygens (including phenoxy) is 1. The standard InChI is InChI=1S/C8H8ClNO3/c1-13-7(11)3-5-2-6(9)4-10-8(5)12/h2,4H,3H2,1H3,(H,10,12). The number of esters is 1. The molecule has 0 aromatic carbocycles. The van der Waals surface area contributed by atoms with Gasteiger partial charge in [0.1, 0.15) is 0 Å². The lowest BCUT2D eigenvalue weighted by Crippen LogP contribution is -2.16. The Morgan fingerprint density at radius 3 is 3.00 bits per heavy atom. The van der Waals surface area contributed by atoms with Crippen LogP contribution in [0, 0.1) is 0 Å². The number of hydrogen-bond donors (Lipinski definition) is 1. The Hall–Kier alpha value is -1.29. The molecule has 4 nitrogen and oxygen atoms in total. The summed E-state index contributed by atoms with van der Waals surface area (Å²) in [7, 11) is 1.26. The first-order valence-electron chi connectivity index (χ1n) is 3.57. The number of carbonyl (C=O) groups is 1. The maximum absolute atomic E-state index is 11.1. The molecule has 0 spiro atoms. The SMILES string of the molecule is COC(=O)Cc1cc(Cl)c[nH]c1=O. The van der Waals surface area contributed by atoms with Gasteiger partial charge in [-0.15, -0.1) is 0 Å². The van der Waals surface area contributed by atoms with Crippen molar-refractivity contribution in [3.8, 4) is 0 Å². The van der Waals surface area contributed by atoms with E-state index in [9.17, 15) is 9.59 Å². The van der Waals surface area contributed by atoms with Crippen LogP contribution in [-0.4, -0.2) is 18.1 Å². The second kappa shape index (κ2) is 4.09. The van der Waals surface area contributed by atoms with Crippen LogP contribution in [0.4, 0.5) is 0 Å². The third kappa shape index (κ3) is 2.59. The minimum absolute atomic E-state index is 0.0631. The summed E-state index contributed by atoms with van der Waals surface area (Å²) in [4.78, 5) is 24.3. The average Bonchev–Trinajstić information content (AvgIpc) is 2.11. The van der Waals surface area contributed by atoms with Gasteiger partial charge in [0.25, 0.3) is 5.56 Å². The fraction of sp³-hybridized carbons (Fsp3) is 0.250. The van der Waals surface area contributed by atoms with E-state index in [0.717, 1.165) is 0 Å². The van der Waals surface area contributed by atoms with Crippen molar-refractivity contribution in [2.75, 3.05) is 7.11 Å². The van der Waals surface area contributed by atoms with Crippen LogP contribution in [0.25, 0.3) is 0 Å². The van der Waals surface area contributed by atoms with Crippen LogP contribution in [0.5, 0.6) is 0 Å². The molecule has 1 rings (SSSR count). The number of aromatic nitrogens is 1. The highest BCUT2D eigenvalue weighted by Crippen LogP contribution is 2.05. The van der Waals surface area contributed by atoms with Crippen molar-refractivity contribution >= 4 is 17.6 Å². The minimum Gasteiger partial charge on any atom is -0.469 e. The van der Waals surface area contributed by atoms with Gasteiger partial charge in [0, 0.05) is 11.8 Å². The molecule has 1 aromatic heterocycles. The number of hydrogen-bond acceptors (Lipinski definition) is 3. The summed E-state index contributed by atoms with van der Waals surface area (Å²) in [5.41, 5.74) is -0.0193. The molecule has 0 aliphatic rings. The second-order valence-corrected chi connectivity index (χ2v) is 2.86. The first-order valence-corrected chi connectivity index (χ1v) is 3.95. The van der Waals surface area contributed by atoms with Gasteiger partial charge < -0.3 is 9.72 Å². The quantitative estimate of drug-likeness (QED) is 0.719. The number of methoxy groups -OCH3 is 1. The van der Waals surface area contributed by atoms with Crippen molar-refractivity contribution in [1.29, 1.82) is 0 Å². The highest BCUT2D eigenvalue weighted by Gasteiger charge is 2.06. The molecular formula is C8H8ClNO3. The summed E-state index contributed by atoms with van der Waals surface area (Å²) < 4.78 is 4.41. The molecule has 0 aliphatic carbocycles. The summed E-state index contributed by atoms with van der Waals surface area (Å²) >= 11 is 5.62. The molecule has 70 valence electrons. The maximum Gasteiger partial charge on any atom is 0.310 e. The molecule has 0 saturated heterocycles. The fourth-order valence-electron chi connectivity index (χ4n) is 0.860. The highest BCUT2D eigenvalue weighted by atomic mass is 35.5. The first kappa shape index (κ1) is 9.80. The van der Waals surface area contributed by atoms with Gasteiger partial charge in [0.2, 0.25) is 0 Å². The second-order valence-electron chi connectivity index (χ2n) is 2.43. The van der Waals surface area contributed by atoms with E-state index < -0.39 is 5.97 Å². The largest absolute Gasteiger partial charge is 0.469 e. The molecule has 0 saturated carbocycles. The molecular weight excluding hydrogens is 194 g/mol.